The van der Waals surface area contributed by atoms with Gasteiger partial charge >= 0.3 is 0 Å². The maximum atomic E-state index is 9.07. The summed E-state index contributed by atoms with van der Waals surface area (Å²) in [7, 11) is 0. The van der Waals surface area contributed by atoms with Crippen LogP contribution in [0.3, 0.4) is 0 Å². The summed E-state index contributed by atoms with van der Waals surface area (Å²) in [4.78, 5) is 0. The molecule has 0 aromatic heterocycles. The maximum absolute atomic E-state index is 9.07. The molecule has 0 amide bonds. The maximum Gasteiger partial charge on any atom is 0.107 e. The van der Waals surface area contributed by atoms with E-state index >= 15 is 0 Å². The second-order valence-electron chi connectivity index (χ2n) is 2.47. The van der Waals surface area contributed by atoms with Crippen molar-refractivity contribution in [2.75, 3.05) is 6.61 Å². The number of aliphatic hydroxyl groups excluding tert-OH is 2. The molecule has 1 aliphatic heterocycles. The van der Waals surface area contributed by atoms with Crippen molar-refractivity contribution in [3.8, 4) is 0 Å². The minimum atomic E-state index is -0.468. The van der Waals surface area contributed by atoms with Gasteiger partial charge in [-0.15, -0.1) is 0 Å². The molecule has 0 radical (unpaired) electrons. The van der Waals surface area contributed by atoms with Gasteiger partial charge in [0, 0.05) is 6.42 Å². The number of hydrogen-bond acceptors (Lipinski definition) is 3. The molecule has 0 aliphatic carbocycles. The Morgan fingerprint density at radius 3 is 2.56 bits per heavy atom. The van der Waals surface area contributed by atoms with E-state index in [-0.39, 0.29) is 18.8 Å². The van der Waals surface area contributed by atoms with E-state index in [1.807, 2.05) is 6.92 Å². The Hall–Kier alpha value is -0.120. The molecule has 1 unspecified atom stereocenters. The zero-order valence-electron chi connectivity index (χ0n) is 5.45. The summed E-state index contributed by atoms with van der Waals surface area (Å²) in [5.74, 6) is 0. The van der Waals surface area contributed by atoms with Gasteiger partial charge in [0.2, 0.25) is 0 Å². The largest absolute Gasteiger partial charge is 0.394 e. The zero-order valence-corrected chi connectivity index (χ0v) is 5.45. The highest BCUT2D eigenvalue weighted by atomic mass is 16.5. The van der Waals surface area contributed by atoms with E-state index in [0.717, 1.165) is 0 Å². The highest BCUT2D eigenvalue weighted by Crippen LogP contribution is 2.18. The zero-order chi connectivity index (χ0) is 6.85. The van der Waals surface area contributed by atoms with Gasteiger partial charge in [0.25, 0.3) is 0 Å². The van der Waals surface area contributed by atoms with Gasteiger partial charge in [-0.3, -0.25) is 0 Å². The highest BCUT2D eigenvalue weighted by molar-refractivity contribution is 4.78. The van der Waals surface area contributed by atoms with Gasteiger partial charge in [0.1, 0.15) is 6.10 Å². The van der Waals surface area contributed by atoms with E-state index < -0.39 is 6.10 Å². The molecular formula is C6H12O3. The second-order valence-corrected chi connectivity index (χ2v) is 2.47. The third-order valence-corrected chi connectivity index (χ3v) is 1.59. The van der Waals surface area contributed by atoms with Crippen LogP contribution < -0.4 is 0 Å². The van der Waals surface area contributed by atoms with Crippen LogP contribution in [0.4, 0.5) is 0 Å². The standard InChI is InChI=1S/C6H12O3/c1-4-2-5(8)6(3-7)9-4/h4-8H,2-3H2,1H3/t4?,5-,6+/m0/s1. The van der Waals surface area contributed by atoms with Gasteiger partial charge in [-0.25, -0.2) is 0 Å². The molecule has 1 fully saturated rings. The SMILES string of the molecule is CC1C[C@H](O)[C@@H](CO)O1. The minimum absolute atomic E-state index is 0.0779. The fourth-order valence-electron chi connectivity index (χ4n) is 1.10. The molecule has 0 spiro atoms. The van der Waals surface area contributed by atoms with Gasteiger partial charge in [0.15, 0.2) is 0 Å². The van der Waals surface area contributed by atoms with Crippen LogP contribution in [-0.2, 0) is 4.74 Å². The van der Waals surface area contributed by atoms with Crippen molar-refractivity contribution in [2.45, 2.75) is 31.7 Å². The van der Waals surface area contributed by atoms with Crippen molar-refractivity contribution < 1.29 is 14.9 Å². The van der Waals surface area contributed by atoms with Crippen molar-refractivity contribution in [1.82, 2.24) is 0 Å². The number of rotatable bonds is 1. The van der Waals surface area contributed by atoms with Crippen molar-refractivity contribution >= 4 is 0 Å². The summed E-state index contributed by atoms with van der Waals surface area (Å²) in [5, 5.41) is 17.6. The molecule has 0 aromatic carbocycles. The lowest BCUT2D eigenvalue weighted by Crippen LogP contribution is -2.24. The van der Waals surface area contributed by atoms with Crippen molar-refractivity contribution in [2.24, 2.45) is 0 Å². The summed E-state index contributed by atoms with van der Waals surface area (Å²) in [6.07, 6.45) is -0.0762. The van der Waals surface area contributed by atoms with E-state index in [9.17, 15) is 0 Å². The lowest BCUT2D eigenvalue weighted by atomic mass is 10.1. The summed E-state index contributed by atoms with van der Waals surface area (Å²) in [6.45, 7) is 1.81. The minimum Gasteiger partial charge on any atom is -0.394 e. The molecule has 0 saturated carbocycles. The fraction of sp³-hybridized carbons (Fsp3) is 1.00. The molecule has 0 aromatic rings. The van der Waals surface area contributed by atoms with Crippen LogP contribution in [0, 0.1) is 0 Å². The molecule has 1 rings (SSSR count). The number of aliphatic hydroxyl groups is 2. The molecule has 9 heavy (non-hydrogen) atoms. The molecule has 3 heteroatoms. The van der Waals surface area contributed by atoms with Crippen molar-refractivity contribution in [3.05, 3.63) is 0 Å². The van der Waals surface area contributed by atoms with Crippen LogP contribution in [0.15, 0.2) is 0 Å². The Bertz CT molecular complexity index is 94.3. The quantitative estimate of drug-likeness (QED) is 0.506. The Morgan fingerprint density at radius 2 is 2.33 bits per heavy atom. The molecule has 2 N–H and O–H groups in total. The average Bonchev–Trinajstić information content (AvgIpc) is 2.10. The molecule has 0 bridgehead atoms. The van der Waals surface area contributed by atoms with Crippen LogP contribution in [0.25, 0.3) is 0 Å². The average molecular weight is 132 g/mol. The summed E-state index contributed by atoms with van der Waals surface area (Å²) in [6, 6.07) is 0. The number of hydrogen-bond donors (Lipinski definition) is 2. The van der Waals surface area contributed by atoms with Gasteiger partial charge in [-0.05, 0) is 6.92 Å². The van der Waals surface area contributed by atoms with Crippen molar-refractivity contribution in [3.63, 3.8) is 0 Å². The van der Waals surface area contributed by atoms with E-state index in [4.69, 9.17) is 14.9 Å². The van der Waals surface area contributed by atoms with Crippen LogP contribution >= 0.6 is 0 Å². The first kappa shape index (κ1) is 6.99. The van der Waals surface area contributed by atoms with E-state index in [1.54, 1.807) is 0 Å². The Kier molecular flexibility index (Phi) is 2.05. The summed E-state index contributed by atoms with van der Waals surface area (Å²) in [5.41, 5.74) is 0. The lowest BCUT2D eigenvalue weighted by molar-refractivity contribution is -0.0170. The first-order valence-electron chi connectivity index (χ1n) is 3.18. The number of ether oxygens (including phenoxy) is 1. The summed E-state index contributed by atoms with van der Waals surface area (Å²) >= 11 is 0. The topological polar surface area (TPSA) is 49.7 Å². The predicted molar refractivity (Wildman–Crippen MR) is 32.0 cm³/mol. The Labute approximate surface area is 54.3 Å². The van der Waals surface area contributed by atoms with E-state index in [0.29, 0.717) is 6.42 Å². The third kappa shape index (κ3) is 1.41. The van der Waals surface area contributed by atoms with Crippen LogP contribution in [0.5, 0.6) is 0 Å². The van der Waals surface area contributed by atoms with Crippen LogP contribution in [0.1, 0.15) is 13.3 Å². The first-order chi connectivity index (χ1) is 4.24. The van der Waals surface area contributed by atoms with Gasteiger partial charge < -0.3 is 14.9 Å². The predicted octanol–water partition coefficient (Wildman–Crippen LogP) is -0.483. The summed E-state index contributed by atoms with van der Waals surface area (Å²) < 4.78 is 5.12. The molecule has 3 nitrogen and oxygen atoms in total. The Balaban J connectivity index is 2.38. The first-order valence-corrected chi connectivity index (χ1v) is 3.18. The van der Waals surface area contributed by atoms with Crippen molar-refractivity contribution in [1.29, 1.82) is 0 Å². The molecule has 1 aliphatic rings. The Morgan fingerprint density at radius 1 is 1.67 bits per heavy atom. The monoisotopic (exact) mass is 132 g/mol. The molecule has 3 atom stereocenters. The molecule has 1 saturated heterocycles. The normalized spacial score (nSPS) is 43.7. The fourth-order valence-corrected chi connectivity index (χ4v) is 1.10. The molecule has 54 valence electrons. The van der Waals surface area contributed by atoms with Gasteiger partial charge in [-0.1, -0.05) is 0 Å². The molecule has 1 heterocycles. The van der Waals surface area contributed by atoms with Crippen LogP contribution in [0.2, 0.25) is 0 Å². The van der Waals surface area contributed by atoms with Gasteiger partial charge in [0.05, 0.1) is 18.8 Å². The lowest BCUT2D eigenvalue weighted by Gasteiger charge is -2.08. The highest BCUT2D eigenvalue weighted by Gasteiger charge is 2.30. The second kappa shape index (κ2) is 2.64. The molecular weight excluding hydrogens is 120 g/mol. The van der Waals surface area contributed by atoms with Crippen LogP contribution in [-0.4, -0.2) is 35.1 Å². The van der Waals surface area contributed by atoms with E-state index in [1.165, 1.54) is 0 Å². The van der Waals surface area contributed by atoms with E-state index in [2.05, 4.69) is 0 Å². The smallest absolute Gasteiger partial charge is 0.107 e. The third-order valence-electron chi connectivity index (χ3n) is 1.59. The van der Waals surface area contributed by atoms with Gasteiger partial charge in [-0.2, -0.15) is 0 Å².